The number of sulfonamides is 1. The first kappa shape index (κ1) is 17.4. The molecule has 0 aliphatic carbocycles. The Kier molecular flexibility index (Phi) is 5.38. The Labute approximate surface area is 135 Å². The number of hydrogen-bond donors (Lipinski definition) is 1. The molecule has 0 radical (unpaired) electrons. The van der Waals surface area contributed by atoms with E-state index < -0.39 is 22.0 Å². The molecular weight excluding hydrogens is 320 g/mol. The number of methoxy groups -OCH3 is 1. The minimum Gasteiger partial charge on any atom is -0.465 e. The first-order valence-electron chi connectivity index (χ1n) is 7.33. The zero-order chi connectivity index (χ0) is 17.0. The van der Waals surface area contributed by atoms with Crippen molar-refractivity contribution in [1.29, 1.82) is 0 Å². The van der Waals surface area contributed by atoms with Crippen molar-refractivity contribution < 1.29 is 22.7 Å². The van der Waals surface area contributed by atoms with Crippen molar-refractivity contribution in [3.05, 3.63) is 29.8 Å². The minimum absolute atomic E-state index is 0.0564. The SMILES string of the molecule is CNC(=O)C1CCCCN1S(=O)(=O)c1ccc(C(=O)OC)cc1. The maximum Gasteiger partial charge on any atom is 0.337 e. The Bertz CT molecular complexity index is 684. The van der Waals surface area contributed by atoms with E-state index in [1.165, 1.54) is 42.7 Å². The Hall–Kier alpha value is -1.93. The maximum absolute atomic E-state index is 12.8. The van der Waals surface area contributed by atoms with Crippen LogP contribution in [0.3, 0.4) is 0 Å². The molecule has 1 amide bonds. The fourth-order valence-electron chi connectivity index (χ4n) is 2.64. The van der Waals surface area contributed by atoms with Crippen LogP contribution in [-0.2, 0) is 19.6 Å². The molecule has 1 aliphatic heterocycles. The molecule has 2 rings (SSSR count). The molecule has 1 atom stereocenters. The first-order chi connectivity index (χ1) is 10.9. The number of hydrogen-bond acceptors (Lipinski definition) is 5. The fraction of sp³-hybridized carbons (Fsp3) is 0.467. The molecule has 1 aromatic carbocycles. The standard InChI is InChI=1S/C15H20N2O5S/c1-16-14(18)13-5-3-4-10-17(13)23(20,21)12-8-6-11(7-9-12)15(19)22-2/h6-9,13H,3-5,10H2,1-2H3,(H,16,18). The second-order valence-corrected chi connectivity index (χ2v) is 7.15. The Morgan fingerprint density at radius 1 is 1.22 bits per heavy atom. The van der Waals surface area contributed by atoms with Crippen LogP contribution in [0.4, 0.5) is 0 Å². The summed E-state index contributed by atoms with van der Waals surface area (Å²) in [6, 6.07) is 4.82. The molecule has 1 fully saturated rings. The number of carbonyl (C=O) groups is 2. The lowest BCUT2D eigenvalue weighted by Crippen LogP contribution is -2.51. The monoisotopic (exact) mass is 340 g/mol. The van der Waals surface area contributed by atoms with Crippen LogP contribution in [0.2, 0.25) is 0 Å². The molecule has 0 aromatic heterocycles. The summed E-state index contributed by atoms with van der Waals surface area (Å²) in [7, 11) is -1.04. The topological polar surface area (TPSA) is 92.8 Å². The second-order valence-electron chi connectivity index (χ2n) is 5.26. The highest BCUT2D eigenvalue weighted by atomic mass is 32.2. The lowest BCUT2D eigenvalue weighted by Gasteiger charge is -2.33. The van der Waals surface area contributed by atoms with Crippen molar-refractivity contribution in [1.82, 2.24) is 9.62 Å². The largest absolute Gasteiger partial charge is 0.465 e. The molecule has 1 saturated heterocycles. The van der Waals surface area contributed by atoms with Crippen molar-refractivity contribution in [3.63, 3.8) is 0 Å². The van der Waals surface area contributed by atoms with Gasteiger partial charge >= 0.3 is 5.97 Å². The Balaban J connectivity index is 2.32. The van der Waals surface area contributed by atoms with Gasteiger partial charge in [-0.25, -0.2) is 13.2 Å². The van der Waals surface area contributed by atoms with Crippen LogP contribution in [0, 0.1) is 0 Å². The van der Waals surface area contributed by atoms with Crippen molar-refractivity contribution in [3.8, 4) is 0 Å². The molecule has 1 heterocycles. The molecule has 126 valence electrons. The summed E-state index contributed by atoms with van der Waals surface area (Å²) in [6.45, 7) is 0.305. The van der Waals surface area contributed by atoms with Gasteiger partial charge in [0.2, 0.25) is 15.9 Å². The molecule has 0 spiro atoms. The molecule has 8 heteroatoms. The van der Waals surface area contributed by atoms with Gasteiger partial charge in [0, 0.05) is 13.6 Å². The van der Waals surface area contributed by atoms with E-state index in [2.05, 4.69) is 10.1 Å². The van der Waals surface area contributed by atoms with E-state index in [4.69, 9.17) is 0 Å². The summed E-state index contributed by atoms with van der Waals surface area (Å²) in [5.74, 6) is -0.838. The normalized spacial score (nSPS) is 19.1. The van der Waals surface area contributed by atoms with Gasteiger partial charge < -0.3 is 10.1 Å². The average molecular weight is 340 g/mol. The third-order valence-corrected chi connectivity index (χ3v) is 5.81. The molecule has 7 nitrogen and oxygen atoms in total. The summed E-state index contributed by atoms with van der Waals surface area (Å²) < 4.78 is 31.4. The average Bonchev–Trinajstić information content (AvgIpc) is 2.60. The second kappa shape index (κ2) is 7.10. The van der Waals surface area contributed by atoms with Gasteiger partial charge in [-0.3, -0.25) is 4.79 Å². The first-order valence-corrected chi connectivity index (χ1v) is 8.77. The van der Waals surface area contributed by atoms with E-state index in [1.54, 1.807) is 0 Å². The smallest absolute Gasteiger partial charge is 0.337 e. The maximum atomic E-state index is 12.8. The number of nitrogens with zero attached hydrogens (tertiary/aromatic N) is 1. The molecule has 23 heavy (non-hydrogen) atoms. The molecule has 1 unspecified atom stereocenters. The summed E-state index contributed by atoms with van der Waals surface area (Å²) >= 11 is 0. The van der Waals surface area contributed by atoms with E-state index >= 15 is 0 Å². The quantitative estimate of drug-likeness (QED) is 0.817. The minimum atomic E-state index is -3.80. The van der Waals surface area contributed by atoms with Crippen molar-refractivity contribution in [2.45, 2.75) is 30.2 Å². The number of rotatable bonds is 4. The van der Waals surface area contributed by atoms with Crippen LogP contribution in [0.15, 0.2) is 29.2 Å². The number of amides is 1. The van der Waals surface area contributed by atoms with Gasteiger partial charge in [0.05, 0.1) is 17.6 Å². The zero-order valence-electron chi connectivity index (χ0n) is 13.1. The number of likely N-dealkylation sites (N-methyl/N-ethyl adjacent to an activating group) is 1. The fourth-order valence-corrected chi connectivity index (χ4v) is 4.29. The zero-order valence-corrected chi connectivity index (χ0v) is 13.9. The van der Waals surface area contributed by atoms with Gasteiger partial charge in [-0.05, 0) is 37.1 Å². The highest BCUT2D eigenvalue weighted by molar-refractivity contribution is 7.89. The van der Waals surface area contributed by atoms with Crippen LogP contribution in [-0.4, -0.2) is 51.3 Å². The van der Waals surface area contributed by atoms with Gasteiger partial charge in [0.1, 0.15) is 6.04 Å². The van der Waals surface area contributed by atoms with Crippen molar-refractivity contribution >= 4 is 21.9 Å². The van der Waals surface area contributed by atoms with Crippen LogP contribution >= 0.6 is 0 Å². The van der Waals surface area contributed by atoms with E-state index in [1.807, 2.05) is 0 Å². The summed E-state index contributed by atoms with van der Waals surface area (Å²) in [5, 5.41) is 2.51. The summed E-state index contributed by atoms with van der Waals surface area (Å²) in [4.78, 5) is 23.4. The number of piperidine rings is 1. The number of carbonyl (C=O) groups excluding carboxylic acids is 2. The van der Waals surface area contributed by atoms with Crippen LogP contribution in [0.1, 0.15) is 29.6 Å². The van der Waals surface area contributed by atoms with E-state index in [0.717, 1.165) is 6.42 Å². The predicted molar refractivity (Wildman–Crippen MR) is 83.4 cm³/mol. The van der Waals surface area contributed by atoms with Crippen LogP contribution in [0.5, 0.6) is 0 Å². The van der Waals surface area contributed by atoms with Gasteiger partial charge in [-0.1, -0.05) is 6.42 Å². The van der Waals surface area contributed by atoms with Gasteiger partial charge in [-0.15, -0.1) is 0 Å². The number of benzene rings is 1. The molecular formula is C15H20N2O5S. The molecule has 0 bridgehead atoms. The molecule has 1 aromatic rings. The number of nitrogens with one attached hydrogen (secondary N) is 1. The van der Waals surface area contributed by atoms with Crippen molar-refractivity contribution in [2.24, 2.45) is 0 Å². The molecule has 0 saturated carbocycles. The van der Waals surface area contributed by atoms with Gasteiger partial charge in [0.25, 0.3) is 0 Å². The van der Waals surface area contributed by atoms with E-state index in [0.29, 0.717) is 19.4 Å². The molecule has 1 aliphatic rings. The van der Waals surface area contributed by atoms with Gasteiger partial charge in [0.15, 0.2) is 0 Å². The third kappa shape index (κ3) is 3.53. The number of ether oxygens (including phenoxy) is 1. The predicted octanol–water partition coefficient (Wildman–Crippen LogP) is 0.762. The van der Waals surface area contributed by atoms with E-state index in [-0.39, 0.29) is 16.4 Å². The van der Waals surface area contributed by atoms with Gasteiger partial charge in [-0.2, -0.15) is 4.31 Å². The lowest BCUT2D eigenvalue weighted by molar-refractivity contribution is -0.125. The highest BCUT2D eigenvalue weighted by Gasteiger charge is 2.37. The third-order valence-electron chi connectivity index (χ3n) is 3.88. The van der Waals surface area contributed by atoms with Crippen LogP contribution < -0.4 is 5.32 Å². The summed E-state index contributed by atoms with van der Waals surface area (Å²) in [5.41, 5.74) is 0.271. The Morgan fingerprint density at radius 2 is 1.87 bits per heavy atom. The Morgan fingerprint density at radius 3 is 2.43 bits per heavy atom. The van der Waals surface area contributed by atoms with E-state index in [9.17, 15) is 18.0 Å². The number of esters is 1. The van der Waals surface area contributed by atoms with Crippen LogP contribution in [0.25, 0.3) is 0 Å². The van der Waals surface area contributed by atoms with Crippen molar-refractivity contribution in [2.75, 3.05) is 20.7 Å². The summed E-state index contributed by atoms with van der Waals surface area (Å²) in [6.07, 6.45) is 2.03. The highest BCUT2D eigenvalue weighted by Crippen LogP contribution is 2.25. The molecule has 1 N–H and O–H groups in total. The lowest BCUT2D eigenvalue weighted by atomic mass is 10.0.